The molecule has 1 atom stereocenters. The summed E-state index contributed by atoms with van der Waals surface area (Å²) in [5.74, 6) is -0.565. The van der Waals surface area contributed by atoms with E-state index in [1.165, 1.54) is 29.6 Å². The van der Waals surface area contributed by atoms with Crippen LogP contribution in [-0.4, -0.2) is 31.7 Å². The quantitative estimate of drug-likeness (QED) is 0.777. The second-order valence-electron chi connectivity index (χ2n) is 3.85. The number of nitrogens with zero attached hydrogens (tertiary/aromatic N) is 1. The summed E-state index contributed by atoms with van der Waals surface area (Å²) in [6.07, 6.45) is 0.548. The number of hydrogen-bond donors (Lipinski definition) is 0. The maximum Gasteiger partial charge on any atom is 0.242 e. The van der Waals surface area contributed by atoms with E-state index in [-0.39, 0.29) is 10.3 Å². The number of halogens is 2. The van der Waals surface area contributed by atoms with Gasteiger partial charge in [-0.3, -0.25) is 0 Å². The van der Waals surface area contributed by atoms with Crippen LogP contribution in [0.2, 0.25) is 0 Å². The SMILES string of the molecule is CC(Cl)CCN(C)S(=O)(=O)c1cccc(F)c1. The molecule has 1 rings (SSSR count). The molecule has 1 unspecified atom stereocenters. The Hall–Kier alpha value is -0.650. The Bertz CT molecular complexity index is 476. The van der Waals surface area contributed by atoms with E-state index in [4.69, 9.17) is 11.6 Å². The third-order valence-electron chi connectivity index (χ3n) is 2.35. The van der Waals surface area contributed by atoms with Crippen LogP contribution in [0.4, 0.5) is 4.39 Å². The topological polar surface area (TPSA) is 37.4 Å². The Morgan fingerprint density at radius 3 is 2.65 bits per heavy atom. The normalized spacial score (nSPS) is 13.9. The smallest absolute Gasteiger partial charge is 0.207 e. The molecule has 0 aliphatic carbocycles. The lowest BCUT2D eigenvalue weighted by Gasteiger charge is -2.17. The standard InChI is InChI=1S/C11H15ClFNO2S/c1-9(12)6-7-14(2)17(15,16)11-5-3-4-10(13)8-11/h3-5,8-9H,6-7H2,1-2H3. The summed E-state index contributed by atoms with van der Waals surface area (Å²) in [6, 6.07) is 4.97. The van der Waals surface area contributed by atoms with Gasteiger partial charge in [0.05, 0.1) is 4.90 Å². The van der Waals surface area contributed by atoms with Gasteiger partial charge < -0.3 is 0 Å². The Kier molecular flexibility index (Phi) is 4.91. The van der Waals surface area contributed by atoms with Crippen molar-refractivity contribution in [1.29, 1.82) is 0 Å². The van der Waals surface area contributed by atoms with E-state index in [1.54, 1.807) is 6.92 Å². The summed E-state index contributed by atoms with van der Waals surface area (Å²) in [7, 11) is -2.16. The van der Waals surface area contributed by atoms with Gasteiger partial charge in [-0.1, -0.05) is 6.07 Å². The zero-order valence-electron chi connectivity index (χ0n) is 9.73. The Morgan fingerprint density at radius 1 is 1.47 bits per heavy atom. The average Bonchev–Trinajstić information content (AvgIpc) is 2.25. The van der Waals surface area contributed by atoms with Crippen LogP contribution in [0.25, 0.3) is 0 Å². The number of alkyl halides is 1. The molecule has 0 spiro atoms. The molecule has 17 heavy (non-hydrogen) atoms. The highest BCUT2D eigenvalue weighted by Crippen LogP contribution is 2.16. The monoisotopic (exact) mass is 279 g/mol. The van der Waals surface area contributed by atoms with Crippen molar-refractivity contribution in [2.75, 3.05) is 13.6 Å². The molecule has 0 radical (unpaired) electrons. The molecule has 0 fully saturated rings. The van der Waals surface area contributed by atoms with E-state index in [0.29, 0.717) is 13.0 Å². The fraction of sp³-hybridized carbons (Fsp3) is 0.455. The lowest BCUT2D eigenvalue weighted by atomic mass is 10.3. The molecule has 0 aliphatic heterocycles. The van der Waals surface area contributed by atoms with Crippen molar-refractivity contribution < 1.29 is 12.8 Å². The molecule has 0 aromatic heterocycles. The fourth-order valence-corrected chi connectivity index (χ4v) is 2.60. The van der Waals surface area contributed by atoms with Crippen molar-refractivity contribution in [3.8, 4) is 0 Å². The predicted molar refractivity (Wildman–Crippen MR) is 66.1 cm³/mol. The highest BCUT2D eigenvalue weighted by molar-refractivity contribution is 7.89. The zero-order chi connectivity index (χ0) is 13.1. The van der Waals surface area contributed by atoms with Gasteiger partial charge in [0, 0.05) is 19.0 Å². The minimum atomic E-state index is -3.62. The van der Waals surface area contributed by atoms with Crippen LogP contribution >= 0.6 is 11.6 Å². The van der Waals surface area contributed by atoms with Gasteiger partial charge in [-0.2, -0.15) is 0 Å². The molecule has 1 aromatic rings. The van der Waals surface area contributed by atoms with Gasteiger partial charge >= 0.3 is 0 Å². The summed E-state index contributed by atoms with van der Waals surface area (Å²) in [5, 5.41) is -0.0971. The van der Waals surface area contributed by atoms with Gasteiger partial charge in [-0.15, -0.1) is 11.6 Å². The maximum absolute atomic E-state index is 13.0. The lowest BCUT2D eigenvalue weighted by Crippen LogP contribution is -2.29. The van der Waals surface area contributed by atoms with Crippen LogP contribution in [0.5, 0.6) is 0 Å². The van der Waals surface area contributed by atoms with E-state index < -0.39 is 15.8 Å². The number of rotatable bonds is 5. The van der Waals surface area contributed by atoms with Crippen molar-refractivity contribution >= 4 is 21.6 Å². The van der Waals surface area contributed by atoms with Crippen molar-refractivity contribution in [2.45, 2.75) is 23.6 Å². The molecular formula is C11H15ClFNO2S. The summed E-state index contributed by atoms with van der Waals surface area (Å²) in [5.41, 5.74) is 0. The molecule has 96 valence electrons. The Balaban J connectivity index is 2.88. The number of sulfonamides is 1. The molecule has 6 heteroatoms. The highest BCUT2D eigenvalue weighted by Gasteiger charge is 2.21. The largest absolute Gasteiger partial charge is 0.242 e. The number of hydrogen-bond acceptors (Lipinski definition) is 2. The minimum absolute atomic E-state index is 0.0396. The van der Waals surface area contributed by atoms with Gasteiger partial charge in [0.25, 0.3) is 0 Å². The molecule has 0 heterocycles. The van der Waals surface area contributed by atoms with E-state index in [9.17, 15) is 12.8 Å². The Labute approximate surface area is 106 Å². The third kappa shape index (κ3) is 3.94. The maximum atomic E-state index is 13.0. The molecule has 0 amide bonds. The summed E-state index contributed by atoms with van der Waals surface area (Å²) < 4.78 is 38.2. The van der Waals surface area contributed by atoms with Crippen molar-refractivity contribution in [3.63, 3.8) is 0 Å². The molecule has 0 saturated carbocycles. The molecule has 0 bridgehead atoms. The van der Waals surface area contributed by atoms with E-state index in [2.05, 4.69) is 0 Å². The molecule has 0 aliphatic rings. The zero-order valence-corrected chi connectivity index (χ0v) is 11.3. The first-order chi connectivity index (χ1) is 7.84. The lowest BCUT2D eigenvalue weighted by molar-refractivity contribution is 0.460. The predicted octanol–water partition coefficient (Wildman–Crippen LogP) is 2.46. The summed E-state index contributed by atoms with van der Waals surface area (Å²) in [6.45, 7) is 2.10. The van der Waals surface area contributed by atoms with Crippen LogP contribution in [-0.2, 0) is 10.0 Å². The molecule has 3 nitrogen and oxygen atoms in total. The first kappa shape index (κ1) is 14.4. The first-order valence-electron chi connectivity index (χ1n) is 5.20. The van der Waals surface area contributed by atoms with Gasteiger partial charge in [-0.25, -0.2) is 17.1 Å². The second kappa shape index (κ2) is 5.80. The van der Waals surface area contributed by atoms with Gasteiger partial charge in [0.2, 0.25) is 10.0 Å². The van der Waals surface area contributed by atoms with E-state index >= 15 is 0 Å². The molecule has 0 saturated heterocycles. The summed E-state index contributed by atoms with van der Waals surface area (Å²) >= 11 is 5.76. The fourth-order valence-electron chi connectivity index (χ4n) is 1.29. The van der Waals surface area contributed by atoms with Crippen LogP contribution in [0, 0.1) is 5.82 Å². The van der Waals surface area contributed by atoms with Gasteiger partial charge in [-0.05, 0) is 31.5 Å². The average molecular weight is 280 g/mol. The summed E-state index contributed by atoms with van der Waals surface area (Å²) in [4.78, 5) is -0.0396. The molecule has 0 N–H and O–H groups in total. The van der Waals surface area contributed by atoms with E-state index in [0.717, 1.165) is 6.07 Å². The van der Waals surface area contributed by atoms with Crippen LogP contribution < -0.4 is 0 Å². The second-order valence-corrected chi connectivity index (χ2v) is 6.64. The third-order valence-corrected chi connectivity index (χ3v) is 4.42. The van der Waals surface area contributed by atoms with Crippen molar-refractivity contribution in [1.82, 2.24) is 4.31 Å². The van der Waals surface area contributed by atoms with Gasteiger partial charge in [0.15, 0.2) is 0 Å². The molecular weight excluding hydrogens is 265 g/mol. The van der Waals surface area contributed by atoms with Crippen LogP contribution in [0.15, 0.2) is 29.2 Å². The Morgan fingerprint density at radius 2 is 2.12 bits per heavy atom. The van der Waals surface area contributed by atoms with E-state index in [1.807, 2.05) is 0 Å². The van der Waals surface area contributed by atoms with Crippen molar-refractivity contribution in [3.05, 3.63) is 30.1 Å². The highest BCUT2D eigenvalue weighted by atomic mass is 35.5. The number of benzene rings is 1. The van der Waals surface area contributed by atoms with Crippen LogP contribution in [0.1, 0.15) is 13.3 Å². The van der Waals surface area contributed by atoms with Crippen molar-refractivity contribution in [2.24, 2.45) is 0 Å². The molecule has 1 aromatic carbocycles. The first-order valence-corrected chi connectivity index (χ1v) is 7.07. The van der Waals surface area contributed by atoms with Gasteiger partial charge in [0.1, 0.15) is 5.82 Å². The van der Waals surface area contributed by atoms with Crippen LogP contribution in [0.3, 0.4) is 0 Å². The minimum Gasteiger partial charge on any atom is -0.207 e.